The van der Waals surface area contributed by atoms with Crippen LogP contribution in [0.4, 0.5) is 0 Å². The van der Waals surface area contributed by atoms with Gasteiger partial charge in [0.1, 0.15) is 0 Å². The zero-order valence-corrected chi connectivity index (χ0v) is 14.0. The minimum absolute atomic E-state index is 0.801. The maximum absolute atomic E-state index is 5.44. The summed E-state index contributed by atoms with van der Waals surface area (Å²) in [6, 6.07) is 0. The first kappa shape index (κ1) is 19.8. The molecule has 0 rings (SSSR count). The fourth-order valence-electron chi connectivity index (χ4n) is 2.05. The van der Waals surface area contributed by atoms with Crippen molar-refractivity contribution in [1.29, 1.82) is 0 Å². The number of hydrogen-bond donors (Lipinski definition) is 1. The van der Waals surface area contributed by atoms with E-state index in [1.807, 2.05) is 13.8 Å². The zero-order chi connectivity index (χ0) is 14.9. The van der Waals surface area contributed by atoms with Crippen molar-refractivity contribution < 1.29 is 9.47 Å². The minimum atomic E-state index is 0.801. The van der Waals surface area contributed by atoms with Gasteiger partial charge in [-0.2, -0.15) is 0 Å². The molecular formula is C16H36N2O2. The van der Waals surface area contributed by atoms with Gasteiger partial charge in [0.05, 0.1) is 13.2 Å². The van der Waals surface area contributed by atoms with Crippen molar-refractivity contribution in [2.24, 2.45) is 0 Å². The van der Waals surface area contributed by atoms with Crippen molar-refractivity contribution in [2.45, 2.75) is 46.5 Å². The van der Waals surface area contributed by atoms with Crippen LogP contribution in [0.5, 0.6) is 0 Å². The van der Waals surface area contributed by atoms with Gasteiger partial charge in [-0.05, 0) is 26.8 Å². The van der Waals surface area contributed by atoms with Crippen LogP contribution in [0.15, 0.2) is 0 Å². The summed E-state index contributed by atoms with van der Waals surface area (Å²) in [5.41, 5.74) is 0. The molecular weight excluding hydrogens is 252 g/mol. The first-order valence-electron chi connectivity index (χ1n) is 8.43. The highest BCUT2D eigenvalue weighted by atomic mass is 16.5. The molecule has 20 heavy (non-hydrogen) atoms. The summed E-state index contributed by atoms with van der Waals surface area (Å²) in [5.74, 6) is 0. The number of rotatable bonds is 16. The van der Waals surface area contributed by atoms with Crippen LogP contribution in [0.2, 0.25) is 0 Å². The van der Waals surface area contributed by atoms with Crippen molar-refractivity contribution in [1.82, 2.24) is 10.2 Å². The van der Waals surface area contributed by atoms with E-state index in [2.05, 4.69) is 17.1 Å². The number of nitrogens with zero attached hydrogens (tertiary/aromatic N) is 1. The normalized spacial score (nSPS) is 11.4. The Balaban J connectivity index is 3.56. The van der Waals surface area contributed by atoms with Crippen LogP contribution in [0, 0.1) is 0 Å². The Bertz CT molecular complexity index is 170. The highest BCUT2D eigenvalue weighted by molar-refractivity contribution is 4.60. The van der Waals surface area contributed by atoms with Crippen LogP contribution >= 0.6 is 0 Å². The largest absolute Gasteiger partial charge is 0.380 e. The van der Waals surface area contributed by atoms with E-state index >= 15 is 0 Å². The Hall–Kier alpha value is -0.160. The van der Waals surface area contributed by atoms with Crippen molar-refractivity contribution >= 4 is 0 Å². The Morgan fingerprint density at radius 1 is 0.750 bits per heavy atom. The van der Waals surface area contributed by atoms with Crippen molar-refractivity contribution in [3.8, 4) is 0 Å². The Kier molecular flexibility index (Phi) is 16.8. The SMILES string of the molecule is CCCCCCNCCN(CCOCC)CCOCC. The molecule has 0 heterocycles. The average Bonchev–Trinajstić information content (AvgIpc) is 2.46. The molecule has 0 aromatic carbocycles. The molecule has 1 N–H and O–H groups in total. The lowest BCUT2D eigenvalue weighted by molar-refractivity contribution is 0.0832. The summed E-state index contributed by atoms with van der Waals surface area (Å²) < 4.78 is 10.9. The third kappa shape index (κ3) is 14.3. The van der Waals surface area contributed by atoms with Crippen LogP contribution in [0.3, 0.4) is 0 Å². The Morgan fingerprint density at radius 2 is 1.40 bits per heavy atom. The lowest BCUT2D eigenvalue weighted by Crippen LogP contribution is -2.37. The lowest BCUT2D eigenvalue weighted by Gasteiger charge is -2.22. The van der Waals surface area contributed by atoms with Gasteiger partial charge in [0, 0.05) is 39.4 Å². The molecule has 0 aromatic heterocycles. The van der Waals surface area contributed by atoms with E-state index in [0.29, 0.717) is 0 Å². The molecule has 0 aliphatic carbocycles. The van der Waals surface area contributed by atoms with E-state index in [9.17, 15) is 0 Å². The number of nitrogens with one attached hydrogen (secondary N) is 1. The molecule has 0 aliphatic rings. The molecule has 0 aromatic rings. The first-order chi connectivity index (χ1) is 9.85. The van der Waals surface area contributed by atoms with Crippen molar-refractivity contribution in [3.05, 3.63) is 0 Å². The van der Waals surface area contributed by atoms with Gasteiger partial charge in [0.15, 0.2) is 0 Å². The van der Waals surface area contributed by atoms with Gasteiger partial charge in [-0.3, -0.25) is 4.90 Å². The molecule has 0 amide bonds. The number of ether oxygens (including phenoxy) is 2. The fourth-order valence-corrected chi connectivity index (χ4v) is 2.05. The summed E-state index contributed by atoms with van der Waals surface area (Å²) in [6.45, 7) is 14.9. The van der Waals surface area contributed by atoms with Gasteiger partial charge in [-0.25, -0.2) is 0 Å². The van der Waals surface area contributed by atoms with Gasteiger partial charge in [0.25, 0.3) is 0 Å². The molecule has 0 fully saturated rings. The Morgan fingerprint density at radius 3 is 1.95 bits per heavy atom. The second-order valence-electron chi connectivity index (χ2n) is 5.05. The van der Waals surface area contributed by atoms with E-state index in [1.165, 1.54) is 25.7 Å². The summed E-state index contributed by atoms with van der Waals surface area (Å²) in [5, 5.41) is 3.53. The summed E-state index contributed by atoms with van der Waals surface area (Å²) >= 11 is 0. The highest BCUT2D eigenvalue weighted by Gasteiger charge is 2.04. The first-order valence-corrected chi connectivity index (χ1v) is 8.43. The third-order valence-electron chi connectivity index (χ3n) is 3.32. The van der Waals surface area contributed by atoms with E-state index in [-0.39, 0.29) is 0 Å². The van der Waals surface area contributed by atoms with Crippen LogP contribution in [-0.4, -0.2) is 64.1 Å². The number of hydrogen-bond acceptors (Lipinski definition) is 4. The standard InChI is InChI=1S/C16H36N2O2/c1-4-7-8-9-10-17-11-12-18(13-15-19-5-2)14-16-20-6-3/h17H,4-16H2,1-3H3. The van der Waals surface area contributed by atoms with Crippen LogP contribution < -0.4 is 5.32 Å². The van der Waals surface area contributed by atoms with Gasteiger partial charge < -0.3 is 14.8 Å². The van der Waals surface area contributed by atoms with E-state index in [1.54, 1.807) is 0 Å². The molecule has 122 valence electrons. The van der Waals surface area contributed by atoms with E-state index in [0.717, 1.165) is 59.2 Å². The van der Waals surface area contributed by atoms with Crippen LogP contribution in [0.25, 0.3) is 0 Å². The maximum atomic E-state index is 5.44. The molecule has 0 atom stereocenters. The minimum Gasteiger partial charge on any atom is -0.380 e. The van der Waals surface area contributed by atoms with Gasteiger partial charge in [0.2, 0.25) is 0 Å². The summed E-state index contributed by atoms with van der Waals surface area (Å²) in [4.78, 5) is 2.42. The Labute approximate surface area is 126 Å². The van der Waals surface area contributed by atoms with Gasteiger partial charge in [-0.15, -0.1) is 0 Å². The maximum Gasteiger partial charge on any atom is 0.0593 e. The van der Waals surface area contributed by atoms with Crippen molar-refractivity contribution in [2.75, 3.05) is 59.2 Å². The second-order valence-corrected chi connectivity index (χ2v) is 5.05. The lowest BCUT2D eigenvalue weighted by atomic mass is 10.2. The molecule has 0 spiro atoms. The molecule has 0 unspecified atom stereocenters. The quantitative estimate of drug-likeness (QED) is 0.443. The molecule has 0 radical (unpaired) electrons. The molecule has 4 heteroatoms. The van der Waals surface area contributed by atoms with Crippen molar-refractivity contribution in [3.63, 3.8) is 0 Å². The topological polar surface area (TPSA) is 33.7 Å². The number of unbranched alkanes of at least 4 members (excludes halogenated alkanes) is 3. The molecule has 4 nitrogen and oxygen atoms in total. The fraction of sp³-hybridized carbons (Fsp3) is 1.00. The summed E-state index contributed by atoms with van der Waals surface area (Å²) in [6.07, 6.45) is 5.31. The molecule has 0 bridgehead atoms. The van der Waals surface area contributed by atoms with Crippen LogP contribution in [0.1, 0.15) is 46.5 Å². The predicted octanol–water partition coefficient (Wildman–Crippen LogP) is 2.53. The monoisotopic (exact) mass is 288 g/mol. The van der Waals surface area contributed by atoms with E-state index in [4.69, 9.17) is 9.47 Å². The van der Waals surface area contributed by atoms with E-state index < -0.39 is 0 Å². The van der Waals surface area contributed by atoms with Crippen LogP contribution in [-0.2, 0) is 9.47 Å². The molecule has 0 saturated carbocycles. The third-order valence-corrected chi connectivity index (χ3v) is 3.32. The molecule has 0 saturated heterocycles. The second kappa shape index (κ2) is 16.9. The smallest absolute Gasteiger partial charge is 0.0593 e. The highest BCUT2D eigenvalue weighted by Crippen LogP contribution is 1.97. The molecule has 0 aliphatic heterocycles. The zero-order valence-electron chi connectivity index (χ0n) is 14.0. The average molecular weight is 288 g/mol. The van der Waals surface area contributed by atoms with Gasteiger partial charge in [-0.1, -0.05) is 26.2 Å². The predicted molar refractivity (Wildman–Crippen MR) is 86.4 cm³/mol. The van der Waals surface area contributed by atoms with Gasteiger partial charge >= 0.3 is 0 Å². The summed E-state index contributed by atoms with van der Waals surface area (Å²) in [7, 11) is 0.